The van der Waals surface area contributed by atoms with Gasteiger partial charge in [-0.2, -0.15) is 0 Å². The summed E-state index contributed by atoms with van der Waals surface area (Å²) in [5, 5.41) is 4.79. The highest BCUT2D eigenvalue weighted by atomic mass is 19.4. The van der Waals surface area contributed by atoms with Crippen molar-refractivity contribution in [3.05, 3.63) is 35.9 Å². The van der Waals surface area contributed by atoms with Crippen molar-refractivity contribution < 1.29 is 37.0 Å². The molecule has 2 rings (SSSR count). The van der Waals surface area contributed by atoms with Crippen molar-refractivity contribution in [3.63, 3.8) is 0 Å². The number of hydrogen-bond donors (Lipinski definition) is 2. The number of alkyl halides is 3. The van der Waals surface area contributed by atoms with Crippen LogP contribution in [0.15, 0.2) is 30.3 Å². The average Bonchev–Trinajstić information content (AvgIpc) is 3.12. The van der Waals surface area contributed by atoms with Gasteiger partial charge in [0.05, 0.1) is 0 Å². The second kappa shape index (κ2) is 9.94. The summed E-state index contributed by atoms with van der Waals surface area (Å²) in [4.78, 5) is 35.4. The maximum Gasteiger partial charge on any atom is 0.573 e. The molecule has 1 aliphatic rings. The molecule has 1 aromatic carbocycles. The fraction of sp³-hybridized carbons (Fsp3) is 0.421. The molecule has 29 heavy (non-hydrogen) atoms. The molecule has 0 saturated heterocycles. The van der Waals surface area contributed by atoms with Crippen LogP contribution in [0.3, 0.4) is 0 Å². The molecule has 1 fully saturated rings. The van der Waals surface area contributed by atoms with Crippen LogP contribution in [0.2, 0.25) is 0 Å². The molecule has 2 N–H and O–H groups in total. The van der Waals surface area contributed by atoms with Crippen molar-refractivity contribution >= 4 is 24.0 Å². The Morgan fingerprint density at radius 1 is 1.14 bits per heavy atom. The van der Waals surface area contributed by atoms with E-state index in [0.29, 0.717) is 5.56 Å². The Morgan fingerprint density at radius 3 is 2.34 bits per heavy atom. The van der Waals surface area contributed by atoms with E-state index in [1.54, 1.807) is 0 Å². The van der Waals surface area contributed by atoms with Gasteiger partial charge in [-0.3, -0.25) is 10.1 Å². The molecule has 0 radical (unpaired) electrons. The lowest BCUT2D eigenvalue weighted by atomic mass is 10.2. The van der Waals surface area contributed by atoms with Crippen LogP contribution < -0.4 is 15.4 Å². The summed E-state index contributed by atoms with van der Waals surface area (Å²) in [6, 6.07) is 4.22. The lowest BCUT2D eigenvalue weighted by Gasteiger charge is -2.15. The first-order valence-electron chi connectivity index (χ1n) is 8.98. The lowest BCUT2D eigenvalue weighted by Crippen LogP contribution is -2.47. The van der Waals surface area contributed by atoms with E-state index in [1.807, 2.05) is 0 Å². The number of esters is 1. The fourth-order valence-electron chi connectivity index (χ4n) is 2.72. The van der Waals surface area contributed by atoms with E-state index >= 15 is 0 Å². The van der Waals surface area contributed by atoms with Gasteiger partial charge in [-0.25, -0.2) is 9.59 Å². The Hall–Kier alpha value is -3.04. The van der Waals surface area contributed by atoms with Gasteiger partial charge in [0.25, 0.3) is 5.91 Å². The third kappa shape index (κ3) is 8.24. The zero-order valence-corrected chi connectivity index (χ0v) is 15.6. The third-order valence-corrected chi connectivity index (χ3v) is 4.11. The summed E-state index contributed by atoms with van der Waals surface area (Å²) in [5.41, 5.74) is 0.421. The van der Waals surface area contributed by atoms with E-state index in [4.69, 9.17) is 4.74 Å². The number of imide groups is 1. The van der Waals surface area contributed by atoms with Crippen molar-refractivity contribution in [3.8, 4) is 5.75 Å². The number of nitrogens with one attached hydrogen (secondary N) is 2. The maximum absolute atomic E-state index is 12.1. The van der Waals surface area contributed by atoms with Gasteiger partial charge in [0, 0.05) is 12.1 Å². The predicted octanol–water partition coefficient (Wildman–Crippen LogP) is 3.30. The number of carbonyl (C=O) groups excluding carboxylic acids is 3. The number of urea groups is 1. The number of ether oxygens (including phenoxy) is 2. The smallest absolute Gasteiger partial charge is 0.449 e. The molecule has 0 spiro atoms. The number of rotatable bonds is 6. The van der Waals surface area contributed by atoms with E-state index in [-0.39, 0.29) is 6.04 Å². The molecule has 3 amide bonds. The maximum atomic E-state index is 12.1. The molecule has 158 valence electrons. The molecule has 7 nitrogen and oxygen atoms in total. The normalized spacial score (nSPS) is 15.7. The summed E-state index contributed by atoms with van der Waals surface area (Å²) in [6.45, 7) is 1.31. The molecular formula is C19H21F3N2O5. The summed E-state index contributed by atoms with van der Waals surface area (Å²) < 4.78 is 45.0. The van der Waals surface area contributed by atoms with Crippen LogP contribution in [0.25, 0.3) is 6.08 Å². The Labute approximate surface area is 165 Å². The minimum absolute atomic E-state index is 0.0384. The van der Waals surface area contributed by atoms with Crippen molar-refractivity contribution in [2.75, 3.05) is 0 Å². The molecule has 0 aromatic heterocycles. The molecule has 1 aliphatic carbocycles. The standard InChI is InChI=1S/C19H21F3N2O5/c1-12(17(26)24-18(27)23-14-4-2-3-5-14)28-16(25)11-8-13-6-9-15(10-7-13)29-19(20,21)22/h6-12,14H,2-5H2,1H3,(H2,23,24,26,27)/b11-8+/t12-/m1/s1. The highest BCUT2D eigenvalue weighted by Gasteiger charge is 2.30. The number of amides is 3. The van der Waals surface area contributed by atoms with Crippen molar-refractivity contribution in [1.82, 2.24) is 10.6 Å². The Kier molecular flexibility index (Phi) is 7.63. The number of halogens is 3. The summed E-state index contributed by atoms with van der Waals surface area (Å²) in [5.74, 6) is -2.01. The predicted molar refractivity (Wildman–Crippen MR) is 96.6 cm³/mol. The molecule has 0 aliphatic heterocycles. The number of benzene rings is 1. The molecule has 1 saturated carbocycles. The van der Waals surface area contributed by atoms with Crippen molar-refractivity contribution in [1.29, 1.82) is 0 Å². The van der Waals surface area contributed by atoms with Crippen LogP contribution in [0.4, 0.5) is 18.0 Å². The Morgan fingerprint density at radius 2 is 1.76 bits per heavy atom. The van der Waals surface area contributed by atoms with Gasteiger partial charge in [0.2, 0.25) is 0 Å². The van der Waals surface area contributed by atoms with Gasteiger partial charge in [-0.05, 0) is 43.5 Å². The average molecular weight is 414 g/mol. The zero-order valence-electron chi connectivity index (χ0n) is 15.6. The second-order valence-electron chi connectivity index (χ2n) is 6.47. The molecule has 10 heteroatoms. The second-order valence-corrected chi connectivity index (χ2v) is 6.47. The Bertz CT molecular complexity index is 756. The molecular weight excluding hydrogens is 393 g/mol. The third-order valence-electron chi connectivity index (χ3n) is 4.11. The monoisotopic (exact) mass is 414 g/mol. The van der Waals surface area contributed by atoms with Crippen LogP contribution in [-0.2, 0) is 14.3 Å². The van der Waals surface area contributed by atoms with Crippen LogP contribution in [0.1, 0.15) is 38.2 Å². The largest absolute Gasteiger partial charge is 0.573 e. The minimum Gasteiger partial charge on any atom is -0.449 e. The van der Waals surface area contributed by atoms with Crippen molar-refractivity contribution in [2.24, 2.45) is 0 Å². The molecule has 0 unspecified atom stereocenters. The van der Waals surface area contributed by atoms with Crippen molar-refractivity contribution in [2.45, 2.75) is 51.1 Å². The quantitative estimate of drug-likeness (QED) is 0.550. The molecule has 1 aromatic rings. The van der Waals surface area contributed by atoms with Crippen LogP contribution in [0, 0.1) is 0 Å². The topological polar surface area (TPSA) is 93.7 Å². The van der Waals surface area contributed by atoms with E-state index in [2.05, 4.69) is 15.4 Å². The van der Waals surface area contributed by atoms with E-state index < -0.39 is 36.1 Å². The molecule has 0 heterocycles. The van der Waals surface area contributed by atoms with Gasteiger partial charge in [-0.1, -0.05) is 25.0 Å². The van der Waals surface area contributed by atoms with Gasteiger partial charge in [-0.15, -0.1) is 13.2 Å². The first kappa shape index (κ1) is 22.3. The lowest BCUT2D eigenvalue weighted by molar-refractivity contribution is -0.274. The fourth-order valence-corrected chi connectivity index (χ4v) is 2.72. The minimum atomic E-state index is -4.79. The van der Waals surface area contributed by atoms with Gasteiger partial charge in [0.1, 0.15) is 5.75 Å². The first-order valence-corrected chi connectivity index (χ1v) is 8.98. The van der Waals surface area contributed by atoms with Gasteiger partial charge in [0.15, 0.2) is 6.10 Å². The van der Waals surface area contributed by atoms with E-state index in [1.165, 1.54) is 25.1 Å². The van der Waals surface area contributed by atoms with Crippen LogP contribution in [0.5, 0.6) is 5.75 Å². The van der Waals surface area contributed by atoms with Crippen LogP contribution >= 0.6 is 0 Å². The first-order chi connectivity index (χ1) is 13.6. The number of carbonyl (C=O) groups is 3. The zero-order chi connectivity index (χ0) is 21.4. The highest BCUT2D eigenvalue weighted by molar-refractivity contribution is 5.98. The van der Waals surface area contributed by atoms with E-state index in [9.17, 15) is 27.6 Å². The number of hydrogen-bond acceptors (Lipinski definition) is 5. The summed E-state index contributed by atoms with van der Waals surface area (Å²) in [7, 11) is 0. The summed E-state index contributed by atoms with van der Waals surface area (Å²) >= 11 is 0. The van der Waals surface area contributed by atoms with Crippen LogP contribution in [-0.4, -0.2) is 36.4 Å². The summed E-state index contributed by atoms with van der Waals surface area (Å²) in [6.07, 6.45) is 0.101. The van der Waals surface area contributed by atoms with E-state index in [0.717, 1.165) is 43.9 Å². The highest BCUT2D eigenvalue weighted by Crippen LogP contribution is 2.23. The molecule has 1 atom stereocenters. The SMILES string of the molecule is C[C@@H](OC(=O)/C=C/c1ccc(OC(F)(F)F)cc1)C(=O)NC(=O)NC1CCCC1. The Balaban J connectivity index is 1.78. The van der Waals surface area contributed by atoms with Gasteiger partial charge < -0.3 is 14.8 Å². The molecule has 0 bridgehead atoms. The van der Waals surface area contributed by atoms with Gasteiger partial charge >= 0.3 is 18.4 Å².